The van der Waals surface area contributed by atoms with Gasteiger partial charge in [-0.3, -0.25) is 0 Å². The number of fused-ring (bicyclic) bond motifs is 2. The van der Waals surface area contributed by atoms with Crippen LogP contribution in [0.25, 0.3) is 22.1 Å². The number of nitrogens with zero attached hydrogens (tertiary/aromatic N) is 3. The van der Waals surface area contributed by atoms with Crippen molar-refractivity contribution >= 4 is 22.1 Å². The first-order chi connectivity index (χ1) is 10.8. The fourth-order valence-corrected chi connectivity index (χ4v) is 3.01. The number of para-hydroxylation sites is 4. The fourth-order valence-electron chi connectivity index (χ4n) is 3.01. The summed E-state index contributed by atoms with van der Waals surface area (Å²) in [4.78, 5) is 12.6. The van der Waals surface area contributed by atoms with Crippen LogP contribution in [0.3, 0.4) is 0 Å². The molecule has 0 saturated carbocycles. The number of hydrogen-bond donors (Lipinski definition) is 1. The molecule has 4 aromatic rings. The quantitative estimate of drug-likeness (QED) is 0.620. The molecule has 0 amide bonds. The SMILES string of the molecule is Cc1nc2ccccc2n1CCCc1nc2ccccc2[nH]1. The number of benzene rings is 2. The van der Waals surface area contributed by atoms with Gasteiger partial charge in [0, 0.05) is 13.0 Å². The summed E-state index contributed by atoms with van der Waals surface area (Å²) < 4.78 is 2.29. The Morgan fingerprint density at radius 1 is 0.955 bits per heavy atom. The van der Waals surface area contributed by atoms with Crippen LogP contribution in [0, 0.1) is 6.92 Å². The van der Waals surface area contributed by atoms with Crippen LogP contribution in [-0.4, -0.2) is 19.5 Å². The van der Waals surface area contributed by atoms with Gasteiger partial charge in [-0.05, 0) is 37.6 Å². The second-order valence-corrected chi connectivity index (χ2v) is 5.60. The summed E-state index contributed by atoms with van der Waals surface area (Å²) >= 11 is 0. The second kappa shape index (κ2) is 5.30. The van der Waals surface area contributed by atoms with Gasteiger partial charge in [-0.1, -0.05) is 24.3 Å². The second-order valence-electron chi connectivity index (χ2n) is 5.60. The lowest BCUT2D eigenvalue weighted by atomic mass is 10.2. The van der Waals surface area contributed by atoms with E-state index in [-0.39, 0.29) is 0 Å². The number of aromatic nitrogens is 4. The van der Waals surface area contributed by atoms with E-state index in [2.05, 4.69) is 50.7 Å². The molecule has 0 bridgehead atoms. The maximum Gasteiger partial charge on any atom is 0.107 e. The van der Waals surface area contributed by atoms with Crippen LogP contribution in [0.15, 0.2) is 48.5 Å². The standard InChI is InChI=1S/C18H18N4/c1-13-19-16-9-4-5-10-17(16)22(13)12-6-11-18-20-14-7-2-3-8-15(14)21-18/h2-5,7-10H,6,11-12H2,1H3,(H,20,21). The molecule has 0 atom stereocenters. The summed E-state index contributed by atoms with van der Waals surface area (Å²) in [6.45, 7) is 3.03. The molecule has 0 saturated heterocycles. The third-order valence-electron chi connectivity index (χ3n) is 4.08. The molecule has 0 unspecified atom stereocenters. The minimum atomic E-state index is 0.945. The van der Waals surface area contributed by atoms with Gasteiger partial charge in [0.1, 0.15) is 11.6 Å². The summed E-state index contributed by atoms with van der Waals surface area (Å²) in [6, 6.07) is 16.5. The van der Waals surface area contributed by atoms with Crippen LogP contribution < -0.4 is 0 Å². The largest absolute Gasteiger partial charge is 0.342 e. The van der Waals surface area contributed by atoms with E-state index in [1.807, 2.05) is 24.3 Å². The molecule has 0 aliphatic rings. The molecule has 0 spiro atoms. The number of aryl methyl sites for hydroxylation is 3. The Labute approximate surface area is 128 Å². The lowest BCUT2D eigenvalue weighted by molar-refractivity contribution is 0.631. The van der Waals surface area contributed by atoms with E-state index in [4.69, 9.17) is 0 Å². The third-order valence-corrected chi connectivity index (χ3v) is 4.08. The maximum atomic E-state index is 4.64. The van der Waals surface area contributed by atoms with E-state index in [0.717, 1.165) is 47.6 Å². The van der Waals surface area contributed by atoms with Crippen molar-refractivity contribution in [3.8, 4) is 0 Å². The summed E-state index contributed by atoms with van der Waals surface area (Å²) in [7, 11) is 0. The number of H-pyrrole nitrogens is 1. The number of nitrogens with one attached hydrogen (secondary N) is 1. The molecule has 0 aliphatic carbocycles. The molecule has 1 N–H and O–H groups in total. The van der Waals surface area contributed by atoms with E-state index in [1.165, 1.54) is 5.52 Å². The van der Waals surface area contributed by atoms with Gasteiger partial charge in [-0.25, -0.2) is 9.97 Å². The van der Waals surface area contributed by atoms with E-state index in [1.54, 1.807) is 0 Å². The normalized spacial score (nSPS) is 11.5. The fraction of sp³-hybridized carbons (Fsp3) is 0.222. The Morgan fingerprint density at radius 2 is 1.73 bits per heavy atom. The Morgan fingerprint density at radius 3 is 2.59 bits per heavy atom. The van der Waals surface area contributed by atoms with E-state index >= 15 is 0 Å². The highest BCUT2D eigenvalue weighted by Crippen LogP contribution is 2.17. The van der Waals surface area contributed by atoms with Gasteiger partial charge in [0.05, 0.1) is 22.1 Å². The van der Waals surface area contributed by atoms with Gasteiger partial charge in [-0.2, -0.15) is 0 Å². The number of aromatic amines is 1. The molecule has 2 aromatic heterocycles. The topological polar surface area (TPSA) is 46.5 Å². The highest BCUT2D eigenvalue weighted by Gasteiger charge is 2.07. The average molecular weight is 290 g/mol. The molecule has 0 aliphatic heterocycles. The van der Waals surface area contributed by atoms with Crippen LogP contribution >= 0.6 is 0 Å². The molecule has 0 radical (unpaired) electrons. The molecular formula is C18H18N4. The Kier molecular flexibility index (Phi) is 3.15. The van der Waals surface area contributed by atoms with E-state index < -0.39 is 0 Å². The molecule has 2 aromatic carbocycles. The predicted molar refractivity (Wildman–Crippen MR) is 88.9 cm³/mol. The van der Waals surface area contributed by atoms with E-state index in [0.29, 0.717) is 0 Å². The highest BCUT2D eigenvalue weighted by atomic mass is 15.1. The van der Waals surface area contributed by atoms with Crippen LogP contribution in [0.1, 0.15) is 18.1 Å². The smallest absolute Gasteiger partial charge is 0.107 e. The van der Waals surface area contributed by atoms with Gasteiger partial charge in [-0.15, -0.1) is 0 Å². The van der Waals surface area contributed by atoms with Crippen LogP contribution in [-0.2, 0) is 13.0 Å². The molecular weight excluding hydrogens is 272 g/mol. The molecule has 2 heterocycles. The number of imidazole rings is 2. The molecule has 4 heteroatoms. The lowest BCUT2D eigenvalue weighted by Crippen LogP contribution is -2.02. The molecule has 22 heavy (non-hydrogen) atoms. The summed E-state index contributed by atoms with van der Waals surface area (Å²) in [5, 5.41) is 0. The van der Waals surface area contributed by atoms with Gasteiger partial charge in [0.15, 0.2) is 0 Å². The monoisotopic (exact) mass is 290 g/mol. The predicted octanol–water partition coefficient (Wildman–Crippen LogP) is 3.85. The Balaban J connectivity index is 1.51. The molecule has 110 valence electrons. The lowest BCUT2D eigenvalue weighted by Gasteiger charge is -2.05. The van der Waals surface area contributed by atoms with Crippen LogP contribution in [0.5, 0.6) is 0 Å². The van der Waals surface area contributed by atoms with Gasteiger partial charge < -0.3 is 9.55 Å². The summed E-state index contributed by atoms with van der Waals surface area (Å²) in [5.74, 6) is 2.13. The van der Waals surface area contributed by atoms with E-state index in [9.17, 15) is 0 Å². The maximum absolute atomic E-state index is 4.64. The van der Waals surface area contributed by atoms with Crippen molar-refractivity contribution in [2.24, 2.45) is 0 Å². The average Bonchev–Trinajstić information content (AvgIpc) is 3.08. The Hall–Kier alpha value is -2.62. The number of rotatable bonds is 4. The van der Waals surface area contributed by atoms with Gasteiger partial charge in [0.25, 0.3) is 0 Å². The van der Waals surface area contributed by atoms with Crippen molar-refractivity contribution in [1.29, 1.82) is 0 Å². The van der Waals surface area contributed by atoms with Crippen molar-refractivity contribution in [1.82, 2.24) is 19.5 Å². The minimum Gasteiger partial charge on any atom is -0.342 e. The van der Waals surface area contributed by atoms with Gasteiger partial charge >= 0.3 is 0 Å². The van der Waals surface area contributed by atoms with Crippen molar-refractivity contribution in [2.45, 2.75) is 26.3 Å². The van der Waals surface area contributed by atoms with Crippen molar-refractivity contribution in [2.75, 3.05) is 0 Å². The first-order valence-electron chi connectivity index (χ1n) is 7.67. The van der Waals surface area contributed by atoms with Crippen molar-refractivity contribution < 1.29 is 0 Å². The summed E-state index contributed by atoms with van der Waals surface area (Å²) in [5.41, 5.74) is 4.44. The van der Waals surface area contributed by atoms with Crippen LogP contribution in [0.2, 0.25) is 0 Å². The molecule has 4 nitrogen and oxygen atoms in total. The zero-order valence-electron chi connectivity index (χ0n) is 12.6. The number of hydrogen-bond acceptors (Lipinski definition) is 2. The van der Waals surface area contributed by atoms with Gasteiger partial charge in [0.2, 0.25) is 0 Å². The highest BCUT2D eigenvalue weighted by molar-refractivity contribution is 5.76. The first-order valence-corrected chi connectivity index (χ1v) is 7.67. The molecule has 0 fully saturated rings. The third kappa shape index (κ3) is 2.26. The summed E-state index contributed by atoms with van der Waals surface area (Å²) in [6.07, 6.45) is 1.99. The van der Waals surface area contributed by atoms with Crippen molar-refractivity contribution in [3.63, 3.8) is 0 Å². The Bertz CT molecular complexity index is 899. The zero-order valence-corrected chi connectivity index (χ0v) is 12.6. The molecule has 4 rings (SSSR count). The minimum absolute atomic E-state index is 0.945. The zero-order chi connectivity index (χ0) is 14.9. The first kappa shape index (κ1) is 13.1. The van der Waals surface area contributed by atoms with Crippen molar-refractivity contribution in [3.05, 3.63) is 60.2 Å². The van der Waals surface area contributed by atoms with Crippen LogP contribution in [0.4, 0.5) is 0 Å².